The number of benzene rings is 1. The van der Waals surface area contributed by atoms with Crippen LogP contribution < -0.4 is 10.5 Å². The van der Waals surface area contributed by atoms with Crippen molar-refractivity contribution in [1.29, 1.82) is 0 Å². The largest absolute Gasteiger partial charge is 0.456 e. The van der Waals surface area contributed by atoms with E-state index in [1.807, 2.05) is 41.8 Å². The van der Waals surface area contributed by atoms with Crippen LogP contribution in [0.1, 0.15) is 4.88 Å². The molecule has 0 saturated heterocycles. The molecular weight excluding hydrogens is 206 g/mol. The molecule has 0 unspecified atom stereocenters. The number of rotatable bonds is 4. The Morgan fingerprint density at radius 3 is 2.67 bits per heavy atom. The summed E-state index contributed by atoms with van der Waals surface area (Å²) in [6.45, 7) is 0.658. The SMILES string of the molecule is NCCc1sccc1Oc1ccccc1. The zero-order valence-corrected chi connectivity index (χ0v) is 9.17. The number of hydrogen-bond donors (Lipinski definition) is 1. The van der Waals surface area contributed by atoms with Crippen LogP contribution in [0.4, 0.5) is 0 Å². The Hall–Kier alpha value is -1.32. The third kappa shape index (κ3) is 2.58. The van der Waals surface area contributed by atoms with Crippen LogP contribution in [0.25, 0.3) is 0 Å². The zero-order valence-electron chi connectivity index (χ0n) is 8.35. The molecule has 2 N–H and O–H groups in total. The molecule has 0 amide bonds. The van der Waals surface area contributed by atoms with Crippen molar-refractivity contribution in [2.75, 3.05) is 6.54 Å². The lowest BCUT2D eigenvalue weighted by Crippen LogP contribution is -2.01. The van der Waals surface area contributed by atoms with Crippen molar-refractivity contribution in [2.24, 2.45) is 5.73 Å². The van der Waals surface area contributed by atoms with E-state index in [-0.39, 0.29) is 0 Å². The molecule has 0 saturated carbocycles. The fraction of sp³-hybridized carbons (Fsp3) is 0.167. The zero-order chi connectivity index (χ0) is 10.5. The minimum Gasteiger partial charge on any atom is -0.456 e. The summed E-state index contributed by atoms with van der Waals surface area (Å²) in [4.78, 5) is 1.21. The van der Waals surface area contributed by atoms with E-state index in [4.69, 9.17) is 10.5 Å². The first-order chi connectivity index (χ1) is 7.40. The number of ether oxygens (including phenoxy) is 1. The van der Waals surface area contributed by atoms with Crippen LogP contribution >= 0.6 is 11.3 Å². The van der Waals surface area contributed by atoms with Crippen LogP contribution in [0.5, 0.6) is 11.5 Å². The molecule has 0 radical (unpaired) electrons. The van der Waals surface area contributed by atoms with Crippen molar-refractivity contribution < 1.29 is 4.74 Å². The molecule has 15 heavy (non-hydrogen) atoms. The molecule has 2 rings (SSSR count). The van der Waals surface area contributed by atoms with E-state index in [0.29, 0.717) is 6.54 Å². The maximum atomic E-state index is 5.76. The molecule has 2 nitrogen and oxygen atoms in total. The lowest BCUT2D eigenvalue weighted by Gasteiger charge is -2.05. The summed E-state index contributed by atoms with van der Waals surface area (Å²) in [5.41, 5.74) is 5.53. The Labute approximate surface area is 93.3 Å². The van der Waals surface area contributed by atoms with Gasteiger partial charge in [0.15, 0.2) is 0 Å². The van der Waals surface area contributed by atoms with Gasteiger partial charge < -0.3 is 10.5 Å². The minimum absolute atomic E-state index is 0.658. The molecule has 0 aliphatic heterocycles. The summed E-state index contributed by atoms with van der Waals surface area (Å²) < 4.78 is 5.76. The molecule has 0 bridgehead atoms. The Kier molecular flexibility index (Phi) is 3.37. The maximum Gasteiger partial charge on any atom is 0.141 e. The molecule has 0 spiro atoms. The first-order valence-electron chi connectivity index (χ1n) is 4.89. The average Bonchev–Trinajstić information content (AvgIpc) is 2.68. The van der Waals surface area contributed by atoms with E-state index in [1.54, 1.807) is 11.3 Å². The van der Waals surface area contributed by atoms with Gasteiger partial charge in [-0.3, -0.25) is 0 Å². The summed E-state index contributed by atoms with van der Waals surface area (Å²) in [5, 5.41) is 2.03. The van der Waals surface area contributed by atoms with E-state index < -0.39 is 0 Å². The molecule has 0 fully saturated rings. The second-order valence-corrected chi connectivity index (χ2v) is 4.16. The lowest BCUT2D eigenvalue weighted by atomic mass is 10.3. The Morgan fingerprint density at radius 2 is 1.93 bits per heavy atom. The Balaban J connectivity index is 2.14. The fourth-order valence-corrected chi connectivity index (χ4v) is 2.17. The van der Waals surface area contributed by atoms with Crippen molar-refractivity contribution in [3.05, 3.63) is 46.7 Å². The third-order valence-corrected chi connectivity index (χ3v) is 3.01. The van der Waals surface area contributed by atoms with Crippen LogP contribution in [-0.4, -0.2) is 6.54 Å². The molecule has 1 aromatic carbocycles. The number of para-hydroxylation sites is 1. The highest BCUT2D eigenvalue weighted by molar-refractivity contribution is 7.10. The first kappa shape index (κ1) is 10.2. The number of hydrogen-bond acceptors (Lipinski definition) is 3. The third-order valence-electron chi connectivity index (χ3n) is 2.05. The molecule has 1 heterocycles. The minimum atomic E-state index is 0.658. The van der Waals surface area contributed by atoms with Gasteiger partial charge in [0.25, 0.3) is 0 Å². The standard InChI is InChI=1S/C12H13NOS/c13-8-6-12-11(7-9-15-12)14-10-4-2-1-3-5-10/h1-5,7,9H,6,8,13H2. The van der Waals surface area contributed by atoms with E-state index in [0.717, 1.165) is 17.9 Å². The van der Waals surface area contributed by atoms with Crippen LogP contribution in [0.2, 0.25) is 0 Å². The molecule has 78 valence electrons. The topological polar surface area (TPSA) is 35.2 Å². The number of thiophene rings is 1. The molecule has 1 aromatic heterocycles. The molecule has 2 aromatic rings. The summed E-state index contributed by atoms with van der Waals surface area (Å²) in [5.74, 6) is 1.80. The van der Waals surface area contributed by atoms with Gasteiger partial charge >= 0.3 is 0 Å². The van der Waals surface area contributed by atoms with Crippen LogP contribution in [0.3, 0.4) is 0 Å². The Bertz CT molecular complexity index is 411. The van der Waals surface area contributed by atoms with Crippen molar-refractivity contribution in [3.63, 3.8) is 0 Å². The monoisotopic (exact) mass is 219 g/mol. The predicted octanol–water partition coefficient (Wildman–Crippen LogP) is 3.04. The Morgan fingerprint density at radius 1 is 1.13 bits per heavy atom. The van der Waals surface area contributed by atoms with Gasteiger partial charge in [-0.05, 0) is 36.5 Å². The second kappa shape index (κ2) is 4.96. The van der Waals surface area contributed by atoms with Gasteiger partial charge in [0.05, 0.1) is 0 Å². The van der Waals surface area contributed by atoms with E-state index in [9.17, 15) is 0 Å². The number of nitrogens with two attached hydrogens (primary N) is 1. The van der Waals surface area contributed by atoms with Gasteiger partial charge in [0, 0.05) is 4.88 Å². The van der Waals surface area contributed by atoms with Gasteiger partial charge in [0.1, 0.15) is 11.5 Å². The van der Waals surface area contributed by atoms with Crippen LogP contribution in [-0.2, 0) is 6.42 Å². The molecule has 0 aliphatic carbocycles. The van der Waals surface area contributed by atoms with Gasteiger partial charge in [-0.2, -0.15) is 0 Å². The van der Waals surface area contributed by atoms with Crippen LogP contribution in [0, 0.1) is 0 Å². The van der Waals surface area contributed by atoms with Gasteiger partial charge in [-0.15, -0.1) is 11.3 Å². The summed E-state index contributed by atoms with van der Waals surface area (Å²) >= 11 is 1.69. The van der Waals surface area contributed by atoms with E-state index in [1.165, 1.54) is 4.88 Å². The molecule has 0 atom stereocenters. The smallest absolute Gasteiger partial charge is 0.141 e. The highest BCUT2D eigenvalue weighted by Gasteiger charge is 2.05. The molecular formula is C12H13NOS. The van der Waals surface area contributed by atoms with Crippen molar-refractivity contribution in [2.45, 2.75) is 6.42 Å². The molecule has 0 aliphatic rings. The highest BCUT2D eigenvalue weighted by Crippen LogP contribution is 2.29. The highest BCUT2D eigenvalue weighted by atomic mass is 32.1. The van der Waals surface area contributed by atoms with Gasteiger partial charge in [-0.25, -0.2) is 0 Å². The van der Waals surface area contributed by atoms with Gasteiger partial charge in [0.2, 0.25) is 0 Å². The predicted molar refractivity (Wildman–Crippen MR) is 63.6 cm³/mol. The van der Waals surface area contributed by atoms with Crippen molar-refractivity contribution >= 4 is 11.3 Å². The van der Waals surface area contributed by atoms with E-state index >= 15 is 0 Å². The molecule has 3 heteroatoms. The summed E-state index contributed by atoms with van der Waals surface area (Å²) in [6.07, 6.45) is 0.875. The van der Waals surface area contributed by atoms with Crippen molar-refractivity contribution in [1.82, 2.24) is 0 Å². The summed E-state index contributed by atoms with van der Waals surface area (Å²) in [6, 6.07) is 11.8. The normalized spacial score (nSPS) is 10.2. The van der Waals surface area contributed by atoms with Crippen molar-refractivity contribution in [3.8, 4) is 11.5 Å². The second-order valence-electron chi connectivity index (χ2n) is 3.16. The summed E-state index contributed by atoms with van der Waals surface area (Å²) in [7, 11) is 0. The van der Waals surface area contributed by atoms with Crippen LogP contribution in [0.15, 0.2) is 41.8 Å². The van der Waals surface area contributed by atoms with E-state index in [2.05, 4.69) is 0 Å². The first-order valence-corrected chi connectivity index (χ1v) is 5.77. The maximum absolute atomic E-state index is 5.76. The average molecular weight is 219 g/mol. The van der Waals surface area contributed by atoms with Gasteiger partial charge in [-0.1, -0.05) is 18.2 Å². The quantitative estimate of drug-likeness (QED) is 0.857. The fourth-order valence-electron chi connectivity index (χ4n) is 1.35. The lowest BCUT2D eigenvalue weighted by molar-refractivity contribution is 0.479.